The molecule has 1 fully saturated rings. The van der Waals surface area contributed by atoms with Crippen LogP contribution in [-0.2, 0) is 16.4 Å². The molecule has 0 amide bonds. The van der Waals surface area contributed by atoms with Crippen LogP contribution in [0.2, 0.25) is 0 Å². The van der Waals surface area contributed by atoms with E-state index in [4.69, 9.17) is 10.1 Å². The summed E-state index contributed by atoms with van der Waals surface area (Å²) in [7, 11) is -3.73. The number of primary sulfonamides is 1. The highest BCUT2D eigenvalue weighted by atomic mass is 32.2. The SMILES string of the molecule is CCc1[nH]nc(-c2nc(C3CC3)nn2-c2ccc(S(N)(=O)=O)cc2)c1C. The van der Waals surface area contributed by atoms with Gasteiger partial charge in [-0.05, 0) is 50.5 Å². The summed E-state index contributed by atoms with van der Waals surface area (Å²) in [5.41, 5.74) is 3.58. The maximum Gasteiger partial charge on any atom is 0.238 e. The summed E-state index contributed by atoms with van der Waals surface area (Å²) >= 11 is 0. The fourth-order valence-electron chi connectivity index (χ4n) is 2.95. The van der Waals surface area contributed by atoms with Crippen molar-refractivity contribution in [2.24, 2.45) is 5.14 Å². The highest BCUT2D eigenvalue weighted by Crippen LogP contribution is 2.39. The van der Waals surface area contributed by atoms with Crippen LogP contribution in [0.4, 0.5) is 0 Å². The van der Waals surface area contributed by atoms with Crippen LogP contribution < -0.4 is 5.14 Å². The number of nitrogens with two attached hydrogens (primary N) is 1. The van der Waals surface area contributed by atoms with Crippen molar-refractivity contribution in [3.8, 4) is 17.2 Å². The van der Waals surface area contributed by atoms with Gasteiger partial charge in [0.05, 0.1) is 10.6 Å². The number of rotatable bonds is 5. The number of hydrogen-bond donors (Lipinski definition) is 2. The van der Waals surface area contributed by atoms with E-state index in [0.717, 1.165) is 42.0 Å². The molecule has 9 heteroatoms. The van der Waals surface area contributed by atoms with Gasteiger partial charge in [0.25, 0.3) is 0 Å². The summed E-state index contributed by atoms with van der Waals surface area (Å²) in [5, 5.41) is 17.3. The number of aromatic nitrogens is 5. The third-order valence-corrected chi connectivity index (χ3v) is 5.58. The maximum absolute atomic E-state index is 11.5. The second-order valence-corrected chi connectivity index (χ2v) is 8.11. The van der Waals surface area contributed by atoms with Crippen LogP contribution in [0.1, 0.15) is 42.8 Å². The summed E-state index contributed by atoms with van der Waals surface area (Å²) in [6.07, 6.45) is 3.03. The molecule has 0 unspecified atom stereocenters. The molecule has 0 aliphatic heterocycles. The molecule has 26 heavy (non-hydrogen) atoms. The van der Waals surface area contributed by atoms with E-state index in [1.807, 2.05) is 6.92 Å². The molecular formula is C17H20N6O2S. The predicted molar refractivity (Wildman–Crippen MR) is 96.4 cm³/mol. The first-order valence-electron chi connectivity index (χ1n) is 8.53. The van der Waals surface area contributed by atoms with Crippen molar-refractivity contribution in [3.63, 3.8) is 0 Å². The van der Waals surface area contributed by atoms with E-state index in [2.05, 4.69) is 22.2 Å². The monoisotopic (exact) mass is 372 g/mol. The number of benzene rings is 1. The van der Waals surface area contributed by atoms with Crippen LogP contribution in [0.25, 0.3) is 17.2 Å². The Morgan fingerprint density at radius 1 is 1.27 bits per heavy atom. The minimum Gasteiger partial charge on any atom is -0.282 e. The van der Waals surface area contributed by atoms with Gasteiger partial charge in [0.1, 0.15) is 5.69 Å². The molecule has 0 saturated heterocycles. The van der Waals surface area contributed by atoms with Gasteiger partial charge in [-0.15, -0.1) is 0 Å². The lowest BCUT2D eigenvalue weighted by Crippen LogP contribution is -2.12. The van der Waals surface area contributed by atoms with Crippen LogP contribution in [0.5, 0.6) is 0 Å². The summed E-state index contributed by atoms with van der Waals surface area (Å²) in [6, 6.07) is 6.30. The molecule has 1 aliphatic rings. The Labute approximate surface area is 151 Å². The number of aryl methyl sites for hydroxylation is 1. The van der Waals surface area contributed by atoms with Gasteiger partial charge in [0.2, 0.25) is 10.0 Å². The van der Waals surface area contributed by atoms with Gasteiger partial charge in [0.15, 0.2) is 11.6 Å². The van der Waals surface area contributed by atoms with Crippen LogP contribution in [-0.4, -0.2) is 33.4 Å². The van der Waals surface area contributed by atoms with Crippen molar-refractivity contribution >= 4 is 10.0 Å². The van der Waals surface area contributed by atoms with Crippen molar-refractivity contribution in [2.75, 3.05) is 0 Å². The molecule has 0 atom stereocenters. The molecule has 0 bridgehead atoms. The van der Waals surface area contributed by atoms with Crippen LogP contribution >= 0.6 is 0 Å². The van der Waals surface area contributed by atoms with Crippen molar-refractivity contribution < 1.29 is 8.42 Å². The van der Waals surface area contributed by atoms with Gasteiger partial charge in [-0.1, -0.05) is 6.92 Å². The van der Waals surface area contributed by atoms with E-state index < -0.39 is 10.0 Å². The van der Waals surface area contributed by atoms with E-state index in [0.29, 0.717) is 17.4 Å². The highest BCUT2D eigenvalue weighted by molar-refractivity contribution is 7.89. The average Bonchev–Trinajstić information content (AvgIpc) is 3.26. The molecule has 2 heterocycles. The first kappa shape index (κ1) is 16.9. The van der Waals surface area contributed by atoms with Gasteiger partial charge in [-0.2, -0.15) is 10.2 Å². The molecular weight excluding hydrogens is 352 g/mol. The van der Waals surface area contributed by atoms with Crippen LogP contribution in [0.15, 0.2) is 29.2 Å². The molecule has 1 aromatic carbocycles. The summed E-state index contributed by atoms with van der Waals surface area (Å²) < 4.78 is 24.7. The fraction of sp³-hybridized carbons (Fsp3) is 0.353. The maximum atomic E-state index is 11.5. The molecule has 3 aromatic rings. The van der Waals surface area contributed by atoms with Gasteiger partial charge >= 0.3 is 0 Å². The number of H-pyrrole nitrogens is 1. The minimum absolute atomic E-state index is 0.0644. The lowest BCUT2D eigenvalue weighted by molar-refractivity contribution is 0.598. The molecule has 2 aromatic heterocycles. The molecule has 1 aliphatic carbocycles. The Morgan fingerprint density at radius 3 is 2.50 bits per heavy atom. The Bertz CT molecular complexity index is 1060. The summed E-state index contributed by atoms with van der Waals surface area (Å²) in [4.78, 5) is 4.79. The minimum atomic E-state index is -3.73. The largest absolute Gasteiger partial charge is 0.282 e. The van der Waals surface area contributed by atoms with Gasteiger partial charge in [0, 0.05) is 17.2 Å². The third kappa shape index (κ3) is 2.93. The van der Waals surface area contributed by atoms with Gasteiger partial charge in [-0.3, -0.25) is 5.10 Å². The van der Waals surface area contributed by atoms with Crippen molar-refractivity contribution in [1.29, 1.82) is 0 Å². The fourth-order valence-corrected chi connectivity index (χ4v) is 3.46. The first-order valence-corrected chi connectivity index (χ1v) is 10.1. The molecule has 1 saturated carbocycles. The Kier molecular flexibility index (Phi) is 3.92. The molecule has 4 rings (SSSR count). The Morgan fingerprint density at radius 2 is 1.96 bits per heavy atom. The first-order chi connectivity index (χ1) is 12.4. The third-order valence-electron chi connectivity index (χ3n) is 4.65. The van der Waals surface area contributed by atoms with Gasteiger partial charge < -0.3 is 0 Å². The Hall–Kier alpha value is -2.52. The topological polar surface area (TPSA) is 120 Å². The van der Waals surface area contributed by atoms with E-state index >= 15 is 0 Å². The molecule has 0 radical (unpaired) electrons. The predicted octanol–water partition coefficient (Wildman–Crippen LogP) is 2.05. The number of nitrogens with zero attached hydrogens (tertiary/aromatic N) is 4. The second kappa shape index (κ2) is 6.03. The van der Waals surface area contributed by atoms with E-state index in [-0.39, 0.29) is 4.90 Å². The number of nitrogens with one attached hydrogen (secondary N) is 1. The van der Waals surface area contributed by atoms with E-state index in [9.17, 15) is 8.42 Å². The quantitative estimate of drug-likeness (QED) is 0.710. The molecule has 136 valence electrons. The number of hydrogen-bond acceptors (Lipinski definition) is 5. The van der Waals surface area contributed by atoms with Crippen LogP contribution in [0.3, 0.4) is 0 Å². The van der Waals surface area contributed by atoms with Crippen molar-refractivity contribution in [1.82, 2.24) is 25.0 Å². The number of sulfonamides is 1. The zero-order valence-corrected chi connectivity index (χ0v) is 15.4. The number of aromatic amines is 1. The standard InChI is InChI=1S/C17H20N6O2S/c1-3-14-10(2)15(21-20-14)17-19-16(11-4-5-11)22-23(17)12-6-8-13(9-7-12)26(18,24)25/h6-9,11H,3-5H2,1-2H3,(H,20,21)(H2,18,24,25). The normalized spacial score (nSPS) is 14.7. The molecule has 8 nitrogen and oxygen atoms in total. The highest BCUT2D eigenvalue weighted by Gasteiger charge is 2.30. The zero-order chi connectivity index (χ0) is 18.5. The second-order valence-electron chi connectivity index (χ2n) is 6.55. The van der Waals surface area contributed by atoms with Crippen molar-refractivity contribution in [3.05, 3.63) is 41.3 Å². The molecule has 3 N–H and O–H groups in total. The Balaban J connectivity index is 1.83. The zero-order valence-electron chi connectivity index (χ0n) is 14.6. The van der Waals surface area contributed by atoms with Crippen molar-refractivity contribution in [2.45, 2.75) is 43.9 Å². The lowest BCUT2D eigenvalue weighted by atomic mass is 10.1. The van der Waals surface area contributed by atoms with E-state index in [1.54, 1.807) is 16.8 Å². The average molecular weight is 372 g/mol. The summed E-state index contributed by atoms with van der Waals surface area (Å²) in [5.74, 6) is 1.85. The molecule has 0 spiro atoms. The smallest absolute Gasteiger partial charge is 0.238 e. The van der Waals surface area contributed by atoms with E-state index in [1.165, 1.54) is 12.1 Å². The van der Waals surface area contributed by atoms with Gasteiger partial charge in [-0.25, -0.2) is 23.2 Å². The lowest BCUT2D eigenvalue weighted by Gasteiger charge is -2.06. The summed E-state index contributed by atoms with van der Waals surface area (Å²) in [6.45, 7) is 4.08. The van der Waals surface area contributed by atoms with Crippen LogP contribution in [0, 0.1) is 6.92 Å².